The number of carbonyl (C=O) groups is 3. The molecule has 0 fully saturated rings. The molecule has 2 amide bonds. The van der Waals surface area contributed by atoms with Gasteiger partial charge in [0.2, 0.25) is 5.91 Å². The Kier molecular flexibility index (Phi) is 7.10. The molecule has 0 spiro atoms. The lowest BCUT2D eigenvalue weighted by Crippen LogP contribution is -2.51. The van der Waals surface area contributed by atoms with Crippen molar-refractivity contribution in [3.05, 3.63) is 89.7 Å². The summed E-state index contributed by atoms with van der Waals surface area (Å²) in [4.78, 5) is 39.9. The van der Waals surface area contributed by atoms with Gasteiger partial charge in [-0.2, -0.15) is 0 Å². The lowest BCUT2D eigenvalue weighted by molar-refractivity contribution is -0.127. The lowest BCUT2D eigenvalue weighted by atomic mass is 10.1. The number of Topliss-reactive ketones (excluding diaryl/α,β-unsaturated/α-hetero) is 1. The minimum absolute atomic E-state index is 0.213. The molecule has 1 aliphatic heterocycles. The van der Waals surface area contributed by atoms with E-state index < -0.39 is 17.8 Å². The summed E-state index contributed by atoms with van der Waals surface area (Å²) >= 11 is 0. The number of rotatable bonds is 8. The molecular weight excluding hydrogens is 451 g/mol. The average Bonchev–Trinajstić information content (AvgIpc) is 2.87. The Bertz CT molecular complexity index is 1250. The summed E-state index contributed by atoms with van der Waals surface area (Å²) < 4.78 is 24.3. The largest absolute Gasteiger partial charge is 0.485 e. The quantitative estimate of drug-likeness (QED) is 0.496. The van der Waals surface area contributed by atoms with Gasteiger partial charge in [0.15, 0.2) is 19.0 Å². The Labute approximate surface area is 202 Å². The maximum atomic E-state index is 13.4. The van der Waals surface area contributed by atoms with Crippen molar-refractivity contribution >= 4 is 23.3 Å². The van der Waals surface area contributed by atoms with Crippen LogP contribution in [0.1, 0.15) is 35.8 Å². The van der Waals surface area contributed by atoms with E-state index in [1.807, 2.05) is 37.3 Å². The highest BCUT2D eigenvalue weighted by atomic mass is 19.1. The number of benzene rings is 3. The van der Waals surface area contributed by atoms with Gasteiger partial charge in [0.05, 0.1) is 11.7 Å². The molecule has 0 aliphatic carbocycles. The van der Waals surface area contributed by atoms with Crippen LogP contribution in [0.2, 0.25) is 0 Å². The molecular formula is C27H25FN2O5. The number of nitrogens with one attached hydrogen (secondary N) is 1. The number of amides is 2. The molecule has 8 heteroatoms. The fourth-order valence-electron chi connectivity index (χ4n) is 3.83. The zero-order chi connectivity index (χ0) is 24.9. The Balaban J connectivity index is 1.51. The van der Waals surface area contributed by atoms with Gasteiger partial charge in [-0.05, 0) is 49.7 Å². The number of fused-ring (bicyclic) bond motifs is 1. The van der Waals surface area contributed by atoms with E-state index in [2.05, 4.69) is 5.32 Å². The van der Waals surface area contributed by atoms with Crippen LogP contribution in [0.3, 0.4) is 0 Å². The first-order valence-corrected chi connectivity index (χ1v) is 11.2. The molecule has 0 saturated carbocycles. The number of halogens is 1. The Hall–Kier alpha value is -4.20. The predicted octanol–water partition coefficient (Wildman–Crippen LogP) is 4.08. The van der Waals surface area contributed by atoms with E-state index >= 15 is 0 Å². The minimum Gasteiger partial charge on any atom is -0.485 e. The molecule has 0 bridgehead atoms. The molecule has 0 saturated heterocycles. The molecule has 3 aromatic rings. The molecule has 2 unspecified atom stereocenters. The van der Waals surface area contributed by atoms with Crippen molar-refractivity contribution in [1.29, 1.82) is 0 Å². The van der Waals surface area contributed by atoms with Gasteiger partial charge in [-0.3, -0.25) is 19.3 Å². The second-order valence-corrected chi connectivity index (χ2v) is 8.22. The number of hydrogen-bond donors (Lipinski definition) is 1. The first kappa shape index (κ1) is 23.9. The van der Waals surface area contributed by atoms with Crippen LogP contribution in [0.4, 0.5) is 10.1 Å². The van der Waals surface area contributed by atoms with E-state index in [-0.39, 0.29) is 42.3 Å². The molecule has 7 nitrogen and oxygen atoms in total. The van der Waals surface area contributed by atoms with Crippen molar-refractivity contribution in [3.63, 3.8) is 0 Å². The van der Waals surface area contributed by atoms with Crippen molar-refractivity contribution in [3.8, 4) is 11.5 Å². The molecule has 3 aromatic carbocycles. The van der Waals surface area contributed by atoms with Crippen LogP contribution >= 0.6 is 0 Å². The van der Waals surface area contributed by atoms with Crippen molar-refractivity contribution in [1.82, 2.24) is 5.32 Å². The zero-order valence-corrected chi connectivity index (χ0v) is 19.4. The Morgan fingerprint density at radius 1 is 1.06 bits per heavy atom. The van der Waals surface area contributed by atoms with Gasteiger partial charge in [-0.15, -0.1) is 0 Å². The van der Waals surface area contributed by atoms with Gasteiger partial charge in [0.1, 0.15) is 23.4 Å². The first-order valence-electron chi connectivity index (χ1n) is 11.2. The Morgan fingerprint density at radius 2 is 1.83 bits per heavy atom. The number of ketones is 1. The van der Waals surface area contributed by atoms with Gasteiger partial charge in [0.25, 0.3) is 5.91 Å². The van der Waals surface area contributed by atoms with Crippen LogP contribution < -0.4 is 19.7 Å². The number of hydrogen-bond acceptors (Lipinski definition) is 5. The van der Waals surface area contributed by atoms with E-state index in [1.54, 1.807) is 25.1 Å². The average molecular weight is 477 g/mol. The minimum atomic E-state index is -0.842. The molecule has 180 valence electrons. The molecule has 1 N–H and O–H groups in total. The third-order valence-corrected chi connectivity index (χ3v) is 5.75. The van der Waals surface area contributed by atoms with Crippen LogP contribution in [-0.2, 0) is 9.59 Å². The van der Waals surface area contributed by atoms with E-state index in [1.165, 1.54) is 29.2 Å². The van der Waals surface area contributed by atoms with Crippen molar-refractivity contribution in [2.75, 3.05) is 18.1 Å². The normalized spacial score (nSPS) is 14.4. The molecule has 0 aromatic heterocycles. The highest BCUT2D eigenvalue weighted by Gasteiger charge is 2.34. The monoisotopic (exact) mass is 476 g/mol. The highest BCUT2D eigenvalue weighted by molar-refractivity contribution is 6.06. The number of carbonyl (C=O) groups excluding carboxylic acids is 3. The van der Waals surface area contributed by atoms with E-state index in [0.29, 0.717) is 11.4 Å². The summed E-state index contributed by atoms with van der Waals surface area (Å²) in [6.07, 6.45) is 0. The predicted molar refractivity (Wildman–Crippen MR) is 128 cm³/mol. The van der Waals surface area contributed by atoms with Crippen molar-refractivity contribution < 1.29 is 28.2 Å². The highest BCUT2D eigenvalue weighted by Crippen LogP contribution is 2.34. The number of ether oxygens (including phenoxy) is 2. The van der Waals surface area contributed by atoms with Crippen LogP contribution in [0.5, 0.6) is 11.5 Å². The lowest BCUT2D eigenvalue weighted by Gasteiger charge is -2.34. The number of anilines is 1. The second-order valence-electron chi connectivity index (χ2n) is 8.22. The van der Waals surface area contributed by atoms with Crippen LogP contribution in [0, 0.1) is 5.82 Å². The van der Waals surface area contributed by atoms with Gasteiger partial charge >= 0.3 is 0 Å². The summed E-state index contributed by atoms with van der Waals surface area (Å²) in [7, 11) is 0. The molecule has 1 heterocycles. The first-order chi connectivity index (χ1) is 16.8. The zero-order valence-electron chi connectivity index (χ0n) is 19.4. The smallest absolute Gasteiger partial charge is 0.265 e. The third-order valence-electron chi connectivity index (χ3n) is 5.75. The third kappa shape index (κ3) is 5.48. The fourth-order valence-corrected chi connectivity index (χ4v) is 3.83. The molecule has 4 rings (SSSR count). The standard InChI is InChI=1S/C27H25FN2O5/c1-17(19-7-4-3-5-8-19)29-27(33)18(2)30-23-13-20(11-12-25(23)35-16-26(30)32)24(31)15-34-22-10-6-9-21(28)14-22/h3-14,17-18H,15-16H2,1-2H3,(H,29,33). The molecule has 0 radical (unpaired) electrons. The molecule has 35 heavy (non-hydrogen) atoms. The maximum Gasteiger partial charge on any atom is 0.265 e. The summed E-state index contributed by atoms with van der Waals surface area (Å²) in [6, 6.07) is 18.6. The number of nitrogens with zero attached hydrogens (tertiary/aromatic N) is 1. The van der Waals surface area contributed by atoms with Gasteiger partial charge in [-0.25, -0.2) is 4.39 Å². The van der Waals surface area contributed by atoms with Gasteiger partial charge < -0.3 is 14.8 Å². The fraction of sp³-hybridized carbons (Fsp3) is 0.222. The Morgan fingerprint density at radius 3 is 2.57 bits per heavy atom. The van der Waals surface area contributed by atoms with Crippen LogP contribution in [-0.4, -0.2) is 36.9 Å². The summed E-state index contributed by atoms with van der Waals surface area (Å²) in [6.45, 7) is 2.96. The summed E-state index contributed by atoms with van der Waals surface area (Å²) in [5.74, 6) is -0.951. The van der Waals surface area contributed by atoms with Crippen LogP contribution in [0.15, 0.2) is 72.8 Å². The molecule has 2 atom stereocenters. The topological polar surface area (TPSA) is 84.9 Å². The second kappa shape index (κ2) is 10.4. The SMILES string of the molecule is CC(NC(=O)C(C)N1C(=O)COc2ccc(C(=O)COc3cccc(F)c3)cc21)c1ccccc1. The molecule has 1 aliphatic rings. The van der Waals surface area contributed by atoms with E-state index in [9.17, 15) is 18.8 Å². The maximum absolute atomic E-state index is 13.4. The van der Waals surface area contributed by atoms with Gasteiger partial charge in [0, 0.05) is 11.6 Å². The summed E-state index contributed by atoms with van der Waals surface area (Å²) in [5, 5.41) is 2.93. The van der Waals surface area contributed by atoms with Crippen molar-refractivity contribution in [2.45, 2.75) is 25.9 Å². The van der Waals surface area contributed by atoms with E-state index in [0.717, 1.165) is 5.56 Å². The van der Waals surface area contributed by atoms with Crippen LogP contribution in [0.25, 0.3) is 0 Å². The van der Waals surface area contributed by atoms with Crippen molar-refractivity contribution in [2.24, 2.45) is 0 Å². The van der Waals surface area contributed by atoms with E-state index in [4.69, 9.17) is 9.47 Å². The summed E-state index contributed by atoms with van der Waals surface area (Å²) in [5.41, 5.74) is 1.54. The van der Waals surface area contributed by atoms with Gasteiger partial charge in [-0.1, -0.05) is 36.4 Å².